The average molecular weight is 281 g/mol. The second kappa shape index (κ2) is 6.76. The van der Waals surface area contributed by atoms with E-state index < -0.39 is 0 Å². The highest BCUT2D eigenvalue weighted by molar-refractivity contribution is 4.92. The zero-order chi connectivity index (χ0) is 14.8. The molecule has 0 radical (unpaired) electrons. The quantitative estimate of drug-likeness (QED) is 0.854. The molecule has 2 aliphatic rings. The van der Waals surface area contributed by atoms with Crippen molar-refractivity contribution in [2.45, 2.75) is 59.0 Å². The summed E-state index contributed by atoms with van der Waals surface area (Å²) >= 11 is 0. The molecular formula is C17H35N3. The van der Waals surface area contributed by atoms with Gasteiger partial charge in [-0.05, 0) is 50.7 Å². The Balaban J connectivity index is 1.97. The van der Waals surface area contributed by atoms with Crippen LogP contribution in [0.5, 0.6) is 0 Å². The van der Waals surface area contributed by atoms with Gasteiger partial charge in [0.25, 0.3) is 0 Å². The topological polar surface area (TPSA) is 18.5 Å². The third-order valence-corrected chi connectivity index (χ3v) is 5.62. The molecule has 2 rings (SSSR count). The first-order valence-corrected chi connectivity index (χ1v) is 8.59. The Labute approximate surface area is 126 Å². The number of piperazine rings is 1. The minimum absolute atomic E-state index is 0.527. The molecule has 2 fully saturated rings. The Morgan fingerprint density at radius 1 is 1.25 bits per heavy atom. The van der Waals surface area contributed by atoms with Crippen LogP contribution in [0.3, 0.4) is 0 Å². The van der Waals surface area contributed by atoms with Gasteiger partial charge in [-0.25, -0.2) is 0 Å². The van der Waals surface area contributed by atoms with E-state index in [0.717, 1.165) is 12.0 Å². The highest BCUT2D eigenvalue weighted by atomic mass is 15.2. The molecule has 0 spiro atoms. The molecule has 2 aliphatic heterocycles. The fraction of sp³-hybridized carbons (Fsp3) is 1.00. The molecule has 0 amide bonds. The van der Waals surface area contributed by atoms with Gasteiger partial charge in [0.15, 0.2) is 0 Å². The first-order valence-electron chi connectivity index (χ1n) is 8.59. The summed E-state index contributed by atoms with van der Waals surface area (Å²) in [6, 6.07) is 1.41. The molecule has 0 saturated carbocycles. The SMILES string of the molecule is CCC1CNC(C(C)C)CN1CC1(C)CCN(C)CC1. The summed E-state index contributed by atoms with van der Waals surface area (Å²) in [5.74, 6) is 0.737. The minimum Gasteiger partial charge on any atom is -0.311 e. The largest absolute Gasteiger partial charge is 0.311 e. The van der Waals surface area contributed by atoms with E-state index in [1.807, 2.05) is 0 Å². The average Bonchev–Trinajstić information content (AvgIpc) is 2.42. The number of hydrogen-bond donors (Lipinski definition) is 1. The van der Waals surface area contributed by atoms with Crippen LogP contribution in [0.4, 0.5) is 0 Å². The van der Waals surface area contributed by atoms with Crippen molar-refractivity contribution < 1.29 is 0 Å². The van der Waals surface area contributed by atoms with Crippen LogP contribution >= 0.6 is 0 Å². The Hall–Kier alpha value is -0.120. The van der Waals surface area contributed by atoms with Gasteiger partial charge in [-0.1, -0.05) is 27.7 Å². The normalized spacial score (nSPS) is 32.7. The second-order valence-corrected chi connectivity index (χ2v) is 7.86. The van der Waals surface area contributed by atoms with Crippen molar-refractivity contribution in [3.8, 4) is 0 Å². The van der Waals surface area contributed by atoms with E-state index in [2.05, 4.69) is 49.9 Å². The van der Waals surface area contributed by atoms with Crippen LogP contribution in [0.1, 0.15) is 47.0 Å². The van der Waals surface area contributed by atoms with Crippen molar-refractivity contribution in [3.05, 3.63) is 0 Å². The van der Waals surface area contributed by atoms with E-state index in [1.54, 1.807) is 0 Å². The Kier molecular flexibility index (Phi) is 5.49. The number of hydrogen-bond acceptors (Lipinski definition) is 3. The van der Waals surface area contributed by atoms with E-state index in [1.165, 1.54) is 52.0 Å². The predicted molar refractivity (Wildman–Crippen MR) is 87.1 cm³/mol. The highest BCUT2D eigenvalue weighted by Gasteiger charge is 2.35. The number of rotatable bonds is 4. The van der Waals surface area contributed by atoms with Gasteiger partial charge in [0.1, 0.15) is 0 Å². The molecule has 0 aliphatic carbocycles. The van der Waals surface area contributed by atoms with Gasteiger partial charge in [-0.2, -0.15) is 0 Å². The van der Waals surface area contributed by atoms with Gasteiger partial charge >= 0.3 is 0 Å². The van der Waals surface area contributed by atoms with Crippen LogP contribution < -0.4 is 5.32 Å². The molecule has 2 saturated heterocycles. The molecule has 0 aromatic heterocycles. The Morgan fingerprint density at radius 2 is 1.90 bits per heavy atom. The van der Waals surface area contributed by atoms with Gasteiger partial charge in [-0.15, -0.1) is 0 Å². The zero-order valence-electron chi connectivity index (χ0n) is 14.3. The van der Waals surface area contributed by atoms with E-state index >= 15 is 0 Å². The van der Waals surface area contributed by atoms with Crippen LogP contribution in [0.25, 0.3) is 0 Å². The summed E-state index contributed by atoms with van der Waals surface area (Å²) in [4.78, 5) is 5.28. The van der Waals surface area contributed by atoms with Gasteiger partial charge < -0.3 is 10.2 Å². The summed E-state index contributed by atoms with van der Waals surface area (Å²) in [6.07, 6.45) is 3.99. The van der Waals surface area contributed by atoms with Crippen molar-refractivity contribution in [2.24, 2.45) is 11.3 Å². The summed E-state index contributed by atoms with van der Waals surface area (Å²) in [6.45, 7) is 15.8. The summed E-state index contributed by atoms with van der Waals surface area (Å²) in [5, 5.41) is 3.76. The van der Waals surface area contributed by atoms with Crippen LogP contribution in [0, 0.1) is 11.3 Å². The minimum atomic E-state index is 0.527. The zero-order valence-corrected chi connectivity index (χ0v) is 14.3. The molecule has 0 aromatic carbocycles. The summed E-state index contributed by atoms with van der Waals surface area (Å²) in [5.41, 5.74) is 0.527. The van der Waals surface area contributed by atoms with Crippen LogP contribution in [-0.4, -0.2) is 61.7 Å². The van der Waals surface area contributed by atoms with Crippen LogP contribution in [-0.2, 0) is 0 Å². The molecule has 2 heterocycles. The smallest absolute Gasteiger partial charge is 0.0219 e. The molecule has 2 atom stereocenters. The molecule has 0 aromatic rings. The van der Waals surface area contributed by atoms with Crippen molar-refractivity contribution in [3.63, 3.8) is 0 Å². The summed E-state index contributed by atoms with van der Waals surface area (Å²) in [7, 11) is 2.26. The van der Waals surface area contributed by atoms with Gasteiger partial charge in [-0.3, -0.25) is 4.90 Å². The van der Waals surface area contributed by atoms with Crippen LogP contribution in [0.2, 0.25) is 0 Å². The highest BCUT2D eigenvalue weighted by Crippen LogP contribution is 2.33. The fourth-order valence-electron chi connectivity index (χ4n) is 3.73. The van der Waals surface area contributed by atoms with Gasteiger partial charge in [0, 0.05) is 31.7 Å². The number of likely N-dealkylation sites (tertiary alicyclic amines) is 1. The van der Waals surface area contributed by atoms with E-state index in [4.69, 9.17) is 0 Å². The molecule has 2 unspecified atom stereocenters. The van der Waals surface area contributed by atoms with Crippen molar-refractivity contribution in [1.29, 1.82) is 0 Å². The maximum atomic E-state index is 3.76. The third kappa shape index (κ3) is 3.96. The first kappa shape index (κ1) is 16.3. The maximum Gasteiger partial charge on any atom is 0.0219 e. The third-order valence-electron chi connectivity index (χ3n) is 5.62. The fourth-order valence-corrected chi connectivity index (χ4v) is 3.73. The first-order chi connectivity index (χ1) is 9.43. The van der Waals surface area contributed by atoms with Gasteiger partial charge in [0.05, 0.1) is 0 Å². The molecule has 0 bridgehead atoms. The maximum absolute atomic E-state index is 3.76. The predicted octanol–water partition coefficient (Wildman–Crippen LogP) is 2.43. The van der Waals surface area contributed by atoms with E-state index in [0.29, 0.717) is 11.5 Å². The lowest BCUT2D eigenvalue weighted by atomic mass is 9.79. The van der Waals surface area contributed by atoms with Crippen molar-refractivity contribution in [1.82, 2.24) is 15.1 Å². The number of piperidine rings is 1. The lowest BCUT2D eigenvalue weighted by Gasteiger charge is -2.47. The van der Waals surface area contributed by atoms with Crippen molar-refractivity contribution >= 4 is 0 Å². The molecule has 118 valence electrons. The molecule has 3 heteroatoms. The Morgan fingerprint density at radius 3 is 2.45 bits per heavy atom. The van der Waals surface area contributed by atoms with Crippen LogP contribution in [0.15, 0.2) is 0 Å². The van der Waals surface area contributed by atoms with E-state index in [9.17, 15) is 0 Å². The molecule has 20 heavy (non-hydrogen) atoms. The Bertz CT molecular complexity index is 295. The van der Waals surface area contributed by atoms with E-state index in [-0.39, 0.29) is 0 Å². The monoisotopic (exact) mass is 281 g/mol. The lowest BCUT2D eigenvalue weighted by Crippen LogP contribution is -2.60. The second-order valence-electron chi connectivity index (χ2n) is 7.86. The molecule has 1 N–H and O–H groups in total. The van der Waals surface area contributed by atoms with Gasteiger partial charge in [0.2, 0.25) is 0 Å². The lowest BCUT2D eigenvalue weighted by molar-refractivity contribution is 0.0350. The standard InChI is InChI=1S/C17H35N3/c1-6-15-11-18-16(14(2)3)12-20(15)13-17(4)7-9-19(5)10-8-17/h14-16,18H,6-13H2,1-5H3. The summed E-state index contributed by atoms with van der Waals surface area (Å²) < 4.78 is 0. The molecule has 3 nitrogen and oxygen atoms in total. The number of nitrogens with one attached hydrogen (secondary N) is 1. The molecular weight excluding hydrogens is 246 g/mol. The number of nitrogens with zero attached hydrogens (tertiary/aromatic N) is 2. The van der Waals surface area contributed by atoms with Crippen molar-refractivity contribution in [2.75, 3.05) is 39.8 Å².